The van der Waals surface area contributed by atoms with Crippen molar-refractivity contribution in [2.24, 2.45) is 0 Å². The third-order valence-corrected chi connectivity index (χ3v) is 4.10. The van der Waals surface area contributed by atoms with Crippen LogP contribution in [0.2, 0.25) is 0 Å². The van der Waals surface area contributed by atoms with Gasteiger partial charge < -0.3 is 5.32 Å². The Hall–Kier alpha value is -1.72. The van der Waals surface area contributed by atoms with E-state index in [0.717, 1.165) is 25.3 Å². The van der Waals surface area contributed by atoms with Gasteiger partial charge in [0.15, 0.2) is 0 Å². The van der Waals surface area contributed by atoms with Crippen LogP contribution in [0.5, 0.6) is 0 Å². The number of rotatable bonds is 6. The molecule has 1 fully saturated rings. The minimum absolute atomic E-state index is 0.639. The van der Waals surface area contributed by atoms with E-state index in [1.807, 2.05) is 0 Å². The second kappa shape index (κ2) is 7.33. The summed E-state index contributed by atoms with van der Waals surface area (Å²) >= 11 is 0. The lowest BCUT2D eigenvalue weighted by atomic mass is 10.0. The third-order valence-electron chi connectivity index (χ3n) is 4.10. The Labute approximate surface area is 125 Å². The van der Waals surface area contributed by atoms with Crippen LogP contribution in [0.3, 0.4) is 0 Å². The quantitative estimate of drug-likeness (QED) is 0.846. The summed E-state index contributed by atoms with van der Waals surface area (Å²) in [6.07, 6.45) is 4.94. The number of benzene rings is 1. The smallest absolute Gasteiger partial charge is 0.137 e. The maximum atomic E-state index is 4.14. The predicted molar refractivity (Wildman–Crippen MR) is 82.8 cm³/mol. The predicted octanol–water partition coefficient (Wildman–Crippen LogP) is 1.60. The van der Waals surface area contributed by atoms with Crippen molar-refractivity contribution >= 4 is 0 Å². The number of likely N-dealkylation sites (tertiary alicyclic amines) is 1. The van der Waals surface area contributed by atoms with Crippen molar-refractivity contribution < 1.29 is 0 Å². The second-order valence-electron chi connectivity index (χ2n) is 5.67. The number of hydrogen-bond donors (Lipinski definition) is 2. The lowest BCUT2D eigenvalue weighted by Crippen LogP contribution is -2.42. The molecule has 0 amide bonds. The van der Waals surface area contributed by atoms with E-state index in [1.54, 1.807) is 6.33 Å². The van der Waals surface area contributed by atoms with Crippen molar-refractivity contribution in [3.63, 3.8) is 0 Å². The molecule has 0 bridgehead atoms. The third kappa shape index (κ3) is 4.37. The van der Waals surface area contributed by atoms with Crippen LogP contribution in [0, 0.1) is 0 Å². The summed E-state index contributed by atoms with van der Waals surface area (Å²) in [7, 11) is 0. The highest BCUT2D eigenvalue weighted by Crippen LogP contribution is 2.13. The van der Waals surface area contributed by atoms with E-state index >= 15 is 0 Å². The van der Waals surface area contributed by atoms with Gasteiger partial charge in [0, 0.05) is 25.6 Å². The number of hydrogen-bond acceptors (Lipinski definition) is 4. The fraction of sp³-hybridized carbons (Fsp3) is 0.500. The maximum absolute atomic E-state index is 4.14. The van der Waals surface area contributed by atoms with Gasteiger partial charge in [0.05, 0.1) is 0 Å². The number of aromatic nitrogens is 3. The van der Waals surface area contributed by atoms with Gasteiger partial charge in [0.25, 0.3) is 0 Å². The van der Waals surface area contributed by atoms with Crippen LogP contribution in [0.25, 0.3) is 0 Å². The highest BCUT2D eigenvalue weighted by molar-refractivity contribution is 5.14. The zero-order valence-corrected chi connectivity index (χ0v) is 12.3. The summed E-state index contributed by atoms with van der Waals surface area (Å²) in [4.78, 5) is 6.69. The largest absolute Gasteiger partial charge is 0.313 e. The molecule has 2 aromatic rings. The first kappa shape index (κ1) is 14.2. The van der Waals surface area contributed by atoms with E-state index in [-0.39, 0.29) is 0 Å². The van der Waals surface area contributed by atoms with Crippen molar-refractivity contribution in [3.8, 4) is 0 Å². The first-order valence-electron chi connectivity index (χ1n) is 7.74. The molecule has 1 aliphatic rings. The molecule has 0 spiro atoms. The molecule has 5 heteroatoms. The molecule has 21 heavy (non-hydrogen) atoms. The summed E-state index contributed by atoms with van der Waals surface area (Å²) in [6, 6.07) is 11.4. The molecule has 0 saturated carbocycles. The molecular formula is C16H23N5. The Bertz CT molecular complexity index is 503. The Kier molecular flexibility index (Phi) is 4.97. The number of nitrogens with zero attached hydrogens (tertiary/aromatic N) is 3. The SMILES string of the molecule is c1ccc(CN2CCC(NCCc3ncn[nH]3)CC2)cc1. The Balaban J connectivity index is 1.35. The van der Waals surface area contributed by atoms with Crippen molar-refractivity contribution in [2.75, 3.05) is 19.6 Å². The molecular weight excluding hydrogens is 262 g/mol. The topological polar surface area (TPSA) is 56.8 Å². The number of H-pyrrole nitrogens is 1. The minimum atomic E-state index is 0.639. The lowest BCUT2D eigenvalue weighted by molar-refractivity contribution is 0.191. The Morgan fingerprint density at radius 2 is 2.00 bits per heavy atom. The summed E-state index contributed by atoms with van der Waals surface area (Å²) in [5.74, 6) is 0.962. The molecule has 1 saturated heterocycles. The van der Waals surface area contributed by atoms with Gasteiger partial charge in [-0.05, 0) is 31.5 Å². The fourth-order valence-corrected chi connectivity index (χ4v) is 2.88. The lowest BCUT2D eigenvalue weighted by Gasteiger charge is -2.32. The van der Waals surface area contributed by atoms with Gasteiger partial charge in [-0.2, -0.15) is 5.10 Å². The average molecular weight is 285 g/mol. The molecule has 0 radical (unpaired) electrons. The normalized spacial score (nSPS) is 17.1. The van der Waals surface area contributed by atoms with Gasteiger partial charge in [-0.1, -0.05) is 30.3 Å². The number of aromatic amines is 1. The van der Waals surface area contributed by atoms with Crippen molar-refractivity contribution in [2.45, 2.75) is 31.8 Å². The summed E-state index contributed by atoms with van der Waals surface area (Å²) in [5.41, 5.74) is 1.41. The highest BCUT2D eigenvalue weighted by atomic mass is 15.2. The molecule has 112 valence electrons. The van der Waals surface area contributed by atoms with Crippen LogP contribution in [-0.4, -0.2) is 45.8 Å². The Morgan fingerprint density at radius 3 is 2.71 bits per heavy atom. The van der Waals surface area contributed by atoms with Gasteiger partial charge in [-0.15, -0.1) is 0 Å². The first-order valence-corrected chi connectivity index (χ1v) is 7.74. The molecule has 2 N–H and O–H groups in total. The van der Waals surface area contributed by atoms with Crippen LogP contribution >= 0.6 is 0 Å². The van der Waals surface area contributed by atoms with Crippen LogP contribution in [0.4, 0.5) is 0 Å². The van der Waals surface area contributed by atoms with Crippen LogP contribution in [0.15, 0.2) is 36.7 Å². The number of nitrogens with one attached hydrogen (secondary N) is 2. The second-order valence-corrected chi connectivity index (χ2v) is 5.67. The zero-order valence-electron chi connectivity index (χ0n) is 12.3. The monoisotopic (exact) mass is 285 g/mol. The maximum Gasteiger partial charge on any atom is 0.137 e. The van der Waals surface area contributed by atoms with Crippen molar-refractivity contribution in [3.05, 3.63) is 48.0 Å². The number of piperidine rings is 1. The zero-order chi connectivity index (χ0) is 14.3. The molecule has 1 aliphatic heterocycles. The molecule has 5 nitrogen and oxygen atoms in total. The van der Waals surface area contributed by atoms with E-state index in [1.165, 1.54) is 31.5 Å². The van der Waals surface area contributed by atoms with E-state index < -0.39 is 0 Å². The first-order chi connectivity index (χ1) is 10.4. The van der Waals surface area contributed by atoms with Crippen LogP contribution in [0.1, 0.15) is 24.2 Å². The standard InChI is InChI=1S/C16H23N5/c1-2-4-14(5-3-1)12-21-10-7-15(8-11-21)17-9-6-16-18-13-19-20-16/h1-5,13,15,17H,6-12H2,(H,18,19,20). The average Bonchev–Trinajstić information content (AvgIpc) is 3.03. The van der Waals surface area contributed by atoms with Crippen LogP contribution in [-0.2, 0) is 13.0 Å². The molecule has 3 rings (SSSR count). The van der Waals surface area contributed by atoms with Crippen LogP contribution < -0.4 is 5.32 Å². The van der Waals surface area contributed by atoms with Gasteiger partial charge in [0.2, 0.25) is 0 Å². The molecule has 2 heterocycles. The van der Waals surface area contributed by atoms with E-state index in [9.17, 15) is 0 Å². The fourth-order valence-electron chi connectivity index (χ4n) is 2.88. The summed E-state index contributed by atoms with van der Waals surface area (Å²) < 4.78 is 0. The van der Waals surface area contributed by atoms with Crippen molar-refractivity contribution in [1.29, 1.82) is 0 Å². The molecule has 0 aliphatic carbocycles. The molecule has 0 unspecified atom stereocenters. The van der Waals surface area contributed by atoms with Gasteiger partial charge in [-0.3, -0.25) is 10.00 Å². The van der Waals surface area contributed by atoms with E-state index in [2.05, 4.69) is 55.7 Å². The summed E-state index contributed by atoms with van der Waals surface area (Å²) in [5, 5.41) is 10.4. The molecule has 1 aromatic heterocycles. The Morgan fingerprint density at radius 1 is 1.19 bits per heavy atom. The van der Waals surface area contributed by atoms with E-state index in [0.29, 0.717) is 6.04 Å². The van der Waals surface area contributed by atoms with Gasteiger partial charge in [0.1, 0.15) is 12.2 Å². The molecule has 0 atom stereocenters. The van der Waals surface area contributed by atoms with Gasteiger partial charge >= 0.3 is 0 Å². The van der Waals surface area contributed by atoms with Gasteiger partial charge in [-0.25, -0.2) is 4.98 Å². The minimum Gasteiger partial charge on any atom is -0.313 e. The molecule has 1 aromatic carbocycles. The van der Waals surface area contributed by atoms with Crippen molar-refractivity contribution in [1.82, 2.24) is 25.4 Å². The summed E-state index contributed by atoms with van der Waals surface area (Å²) in [6.45, 7) is 4.40. The highest BCUT2D eigenvalue weighted by Gasteiger charge is 2.18. The van der Waals surface area contributed by atoms with E-state index in [4.69, 9.17) is 0 Å².